The predicted molar refractivity (Wildman–Crippen MR) is 81.8 cm³/mol. The lowest BCUT2D eigenvalue weighted by Gasteiger charge is -2.18. The van der Waals surface area contributed by atoms with Crippen molar-refractivity contribution in [2.45, 2.75) is 6.42 Å². The largest absolute Gasteiger partial charge is 0.323 e. The predicted octanol–water partition coefficient (Wildman–Crippen LogP) is 3.23. The van der Waals surface area contributed by atoms with E-state index in [9.17, 15) is 27.2 Å². The minimum absolute atomic E-state index is 0.241. The first kappa shape index (κ1) is 16.9. The Morgan fingerprint density at radius 1 is 1.04 bits per heavy atom. The van der Waals surface area contributed by atoms with E-state index in [1.54, 1.807) is 0 Å². The summed E-state index contributed by atoms with van der Waals surface area (Å²) in [5, 5.41) is 2.25. The maximum atomic E-state index is 13.8. The Kier molecular flexibility index (Phi) is 4.43. The molecule has 0 bridgehead atoms. The van der Waals surface area contributed by atoms with Crippen LogP contribution in [-0.4, -0.2) is 18.4 Å². The highest BCUT2D eigenvalue weighted by atomic mass is 19.1. The summed E-state index contributed by atoms with van der Waals surface area (Å²) >= 11 is 0. The van der Waals surface area contributed by atoms with Crippen molar-refractivity contribution in [3.8, 4) is 0 Å². The number of nitrogens with one attached hydrogen (secondary N) is 1. The third-order valence-corrected chi connectivity index (χ3v) is 3.89. The normalized spacial score (nSPS) is 17.0. The van der Waals surface area contributed by atoms with E-state index in [-0.39, 0.29) is 18.7 Å². The molecular weight excluding hydrogens is 340 g/mol. The van der Waals surface area contributed by atoms with Crippen LogP contribution in [0, 0.1) is 29.2 Å². The van der Waals surface area contributed by atoms with E-state index in [1.807, 2.05) is 0 Å². The summed E-state index contributed by atoms with van der Waals surface area (Å²) < 4.78 is 54.1. The summed E-state index contributed by atoms with van der Waals surface area (Å²) in [7, 11) is 0. The van der Waals surface area contributed by atoms with Crippen molar-refractivity contribution in [3.63, 3.8) is 0 Å². The Hall–Kier alpha value is -2.90. The molecule has 25 heavy (non-hydrogen) atoms. The van der Waals surface area contributed by atoms with Gasteiger partial charge in [-0.1, -0.05) is 6.07 Å². The van der Waals surface area contributed by atoms with Gasteiger partial charge in [-0.15, -0.1) is 0 Å². The molecule has 3 rings (SSSR count). The van der Waals surface area contributed by atoms with Gasteiger partial charge in [0.1, 0.15) is 29.0 Å². The molecule has 4 nitrogen and oxygen atoms in total. The number of rotatable bonds is 3. The summed E-state index contributed by atoms with van der Waals surface area (Å²) in [4.78, 5) is 25.1. The van der Waals surface area contributed by atoms with E-state index < -0.39 is 46.7 Å². The molecule has 0 saturated carbocycles. The molecule has 2 aromatic rings. The first-order valence-electron chi connectivity index (χ1n) is 7.37. The van der Waals surface area contributed by atoms with E-state index in [0.29, 0.717) is 6.07 Å². The lowest BCUT2D eigenvalue weighted by molar-refractivity contribution is -0.122. The number of nitrogens with zero attached hydrogens (tertiary/aromatic N) is 1. The van der Waals surface area contributed by atoms with E-state index >= 15 is 0 Å². The van der Waals surface area contributed by atoms with Crippen LogP contribution in [-0.2, 0) is 9.59 Å². The molecule has 1 aliphatic heterocycles. The van der Waals surface area contributed by atoms with Gasteiger partial charge in [-0.3, -0.25) is 9.59 Å². The van der Waals surface area contributed by atoms with Crippen molar-refractivity contribution in [2.75, 3.05) is 16.8 Å². The van der Waals surface area contributed by atoms with Crippen LogP contribution in [0.2, 0.25) is 0 Å². The van der Waals surface area contributed by atoms with Crippen LogP contribution in [0.25, 0.3) is 0 Å². The number of hydrogen-bond donors (Lipinski definition) is 1. The number of benzene rings is 2. The molecule has 1 fully saturated rings. The van der Waals surface area contributed by atoms with Crippen LogP contribution in [0.5, 0.6) is 0 Å². The second kappa shape index (κ2) is 6.54. The zero-order valence-electron chi connectivity index (χ0n) is 12.7. The molecule has 0 aliphatic carbocycles. The topological polar surface area (TPSA) is 49.4 Å². The fourth-order valence-electron chi connectivity index (χ4n) is 2.67. The maximum absolute atomic E-state index is 13.8. The standard InChI is InChI=1S/C17H12F4N2O2/c18-10-4-5-14(13(21)7-10)22-17(25)9-6-15(24)23(8-9)16-11(19)2-1-3-12(16)20/h1-5,7,9H,6,8H2,(H,22,25). The maximum Gasteiger partial charge on any atom is 0.229 e. The van der Waals surface area contributed by atoms with Crippen LogP contribution >= 0.6 is 0 Å². The van der Waals surface area contributed by atoms with Crippen molar-refractivity contribution < 1.29 is 27.2 Å². The van der Waals surface area contributed by atoms with Gasteiger partial charge in [0.25, 0.3) is 0 Å². The van der Waals surface area contributed by atoms with Gasteiger partial charge in [0.2, 0.25) is 11.8 Å². The highest BCUT2D eigenvalue weighted by Gasteiger charge is 2.37. The third kappa shape index (κ3) is 3.33. The molecule has 8 heteroatoms. The molecular formula is C17H12F4N2O2. The molecule has 130 valence electrons. The van der Waals surface area contributed by atoms with Crippen LogP contribution in [0.4, 0.5) is 28.9 Å². The quantitative estimate of drug-likeness (QED) is 0.863. The van der Waals surface area contributed by atoms with Gasteiger partial charge in [0.05, 0.1) is 11.6 Å². The number of carbonyl (C=O) groups is 2. The molecule has 2 amide bonds. The monoisotopic (exact) mass is 352 g/mol. The van der Waals surface area contributed by atoms with Gasteiger partial charge in [0.15, 0.2) is 0 Å². The summed E-state index contributed by atoms with van der Waals surface area (Å²) in [6.45, 7) is -0.245. The summed E-state index contributed by atoms with van der Waals surface area (Å²) in [6, 6.07) is 5.81. The Bertz CT molecular complexity index is 836. The zero-order valence-corrected chi connectivity index (χ0v) is 12.7. The molecule has 0 spiro atoms. The van der Waals surface area contributed by atoms with E-state index in [4.69, 9.17) is 0 Å². The fourth-order valence-corrected chi connectivity index (χ4v) is 2.67. The molecule has 1 N–H and O–H groups in total. The Balaban J connectivity index is 1.77. The Morgan fingerprint density at radius 3 is 2.36 bits per heavy atom. The number of halogens is 4. The van der Waals surface area contributed by atoms with Gasteiger partial charge < -0.3 is 10.2 Å². The molecule has 0 aromatic heterocycles. The molecule has 1 aliphatic rings. The van der Waals surface area contributed by atoms with E-state index in [0.717, 1.165) is 35.2 Å². The van der Waals surface area contributed by atoms with Crippen molar-refractivity contribution >= 4 is 23.2 Å². The molecule has 0 radical (unpaired) electrons. The number of para-hydroxylation sites is 1. The van der Waals surface area contributed by atoms with Gasteiger partial charge in [-0.05, 0) is 24.3 Å². The number of anilines is 2. The Labute approximate surface area is 140 Å². The van der Waals surface area contributed by atoms with Crippen LogP contribution in [0.3, 0.4) is 0 Å². The number of hydrogen-bond acceptors (Lipinski definition) is 2. The summed E-state index contributed by atoms with van der Waals surface area (Å²) in [5.74, 6) is -5.84. The van der Waals surface area contributed by atoms with Crippen molar-refractivity contribution in [3.05, 3.63) is 59.7 Å². The highest BCUT2D eigenvalue weighted by molar-refractivity contribution is 6.03. The molecule has 1 unspecified atom stereocenters. The molecule has 1 atom stereocenters. The minimum atomic E-state index is -0.963. The van der Waals surface area contributed by atoms with E-state index in [2.05, 4.69) is 5.32 Å². The summed E-state index contributed by atoms with van der Waals surface area (Å²) in [5.41, 5.74) is -0.759. The van der Waals surface area contributed by atoms with Crippen LogP contribution < -0.4 is 10.2 Å². The van der Waals surface area contributed by atoms with Gasteiger partial charge in [0, 0.05) is 19.0 Å². The SMILES string of the molecule is O=C(Nc1ccc(F)cc1F)C1CC(=O)N(c2c(F)cccc2F)C1. The smallest absolute Gasteiger partial charge is 0.229 e. The Morgan fingerprint density at radius 2 is 1.72 bits per heavy atom. The molecule has 2 aromatic carbocycles. The highest BCUT2D eigenvalue weighted by Crippen LogP contribution is 2.30. The first-order chi connectivity index (χ1) is 11.9. The lowest BCUT2D eigenvalue weighted by atomic mass is 10.1. The second-order valence-electron chi connectivity index (χ2n) is 5.59. The zero-order chi connectivity index (χ0) is 18.1. The van der Waals surface area contributed by atoms with Crippen molar-refractivity contribution in [1.82, 2.24) is 0 Å². The first-order valence-corrected chi connectivity index (χ1v) is 7.37. The van der Waals surface area contributed by atoms with Crippen molar-refractivity contribution in [2.24, 2.45) is 5.92 Å². The van der Waals surface area contributed by atoms with Gasteiger partial charge in [-0.25, -0.2) is 17.6 Å². The second-order valence-corrected chi connectivity index (χ2v) is 5.59. The average Bonchev–Trinajstić information content (AvgIpc) is 2.92. The number of amides is 2. The molecule has 1 heterocycles. The van der Waals surface area contributed by atoms with Crippen LogP contribution in [0.15, 0.2) is 36.4 Å². The number of carbonyl (C=O) groups excluding carboxylic acids is 2. The summed E-state index contributed by atoms with van der Waals surface area (Å²) in [6.07, 6.45) is -0.275. The fraction of sp³-hybridized carbons (Fsp3) is 0.176. The van der Waals surface area contributed by atoms with E-state index in [1.165, 1.54) is 0 Å². The minimum Gasteiger partial charge on any atom is -0.323 e. The van der Waals surface area contributed by atoms with Crippen molar-refractivity contribution in [1.29, 1.82) is 0 Å². The average molecular weight is 352 g/mol. The lowest BCUT2D eigenvalue weighted by Crippen LogP contribution is -2.29. The molecule has 1 saturated heterocycles. The van der Waals surface area contributed by atoms with Crippen LogP contribution in [0.1, 0.15) is 6.42 Å². The third-order valence-electron chi connectivity index (χ3n) is 3.89. The van der Waals surface area contributed by atoms with Gasteiger partial charge >= 0.3 is 0 Å². The van der Waals surface area contributed by atoms with Gasteiger partial charge in [-0.2, -0.15) is 0 Å².